The van der Waals surface area contributed by atoms with Gasteiger partial charge in [0.05, 0.1) is 16.8 Å². The first kappa shape index (κ1) is 13.1. The second kappa shape index (κ2) is 6.06. The number of hydrogen-bond donors (Lipinski definition) is 1. The predicted molar refractivity (Wildman–Crippen MR) is 85.1 cm³/mol. The second-order valence-electron chi connectivity index (χ2n) is 4.83. The van der Waals surface area contributed by atoms with Crippen LogP contribution in [0.4, 0.5) is 5.69 Å². The standard InChI is InChI=1S/C18H15N3/c19-13-16-5-1-2-9-17(16)20-12-10-15-7-3-6-14-8-4-11-21-18(14)15/h1-9,11,20H,10,12H2. The molecule has 0 bridgehead atoms. The van der Waals surface area contributed by atoms with E-state index in [4.69, 9.17) is 5.26 Å². The first-order valence-corrected chi connectivity index (χ1v) is 6.94. The molecule has 0 spiro atoms. The molecule has 1 heterocycles. The zero-order valence-corrected chi connectivity index (χ0v) is 11.6. The van der Waals surface area contributed by atoms with Crippen LogP contribution in [0.2, 0.25) is 0 Å². The molecule has 0 unspecified atom stereocenters. The van der Waals surface area contributed by atoms with Crippen molar-refractivity contribution >= 4 is 16.6 Å². The summed E-state index contributed by atoms with van der Waals surface area (Å²) >= 11 is 0. The van der Waals surface area contributed by atoms with Crippen molar-refractivity contribution in [3.8, 4) is 6.07 Å². The van der Waals surface area contributed by atoms with Crippen molar-refractivity contribution in [2.45, 2.75) is 6.42 Å². The van der Waals surface area contributed by atoms with Crippen LogP contribution in [0.15, 0.2) is 60.8 Å². The van der Waals surface area contributed by atoms with Crippen molar-refractivity contribution < 1.29 is 0 Å². The van der Waals surface area contributed by atoms with E-state index in [9.17, 15) is 0 Å². The fraction of sp³-hybridized carbons (Fsp3) is 0.111. The Hall–Kier alpha value is -2.86. The summed E-state index contributed by atoms with van der Waals surface area (Å²) in [6, 6.07) is 20.0. The minimum Gasteiger partial charge on any atom is -0.384 e. The van der Waals surface area contributed by atoms with Gasteiger partial charge in [0, 0.05) is 18.1 Å². The van der Waals surface area contributed by atoms with Gasteiger partial charge < -0.3 is 5.32 Å². The summed E-state index contributed by atoms with van der Waals surface area (Å²) < 4.78 is 0. The molecule has 0 amide bonds. The Morgan fingerprint density at radius 2 is 1.86 bits per heavy atom. The van der Waals surface area contributed by atoms with Gasteiger partial charge in [-0.2, -0.15) is 5.26 Å². The molecule has 3 nitrogen and oxygen atoms in total. The third-order valence-corrected chi connectivity index (χ3v) is 3.47. The zero-order chi connectivity index (χ0) is 14.5. The van der Waals surface area contributed by atoms with Gasteiger partial charge in [0.1, 0.15) is 6.07 Å². The number of pyridine rings is 1. The monoisotopic (exact) mass is 273 g/mol. The molecule has 1 aromatic heterocycles. The summed E-state index contributed by atoms with van der Waals surface area (Å²) in [5.74, 6) is 0. The number of anilines is 1. The lowest BCUT2D eigenvalue weighted by atomic mass is 10.1. The van der Waals surface area contributed by atoms with Crippen LogP contribution in [-0.4, -0.2) is 11.5 Å². The van der Waals surface area contributed by atoms with Crippen molar-refractivity contribution in [1.82, 2.24) is 4.98 Å². The summed E-state index contributed by atoms with van der Waals surface area (Å²) in [6.45, 7) is 0.772. The van der Waals surface area contributed by atoms with E-state index >= 15 is 0 Å². The Balaban J connectivity index is 1.74. The van der Waals surface area contributed by atoms with Gasteiger partial charge in [-0.15, -0.1) is 0 Å². The van der Waals surface area contributed by atoms with Gasteiger partial charge in [-0.25, -0.2) is 0 Å². The van der Waals surface area contributed by atoms with Crippen molar-refractivity contribution in [3.05, 3.63) is 71.9 Å². The number of hydrogen-bond acceptors (Lipinski definition) is 3. The van der Waals surface area contributed by atoms with Gasteiger partial charge in [0.2, 0.25) is 0 Å². The van der Waals surface area contributed by atoms with E-state index in [1.165, 1.54) is 5.56 Å². The highest BCUT2D eigenvalue weighted by atomic mass is 14.9. The molecule has 3 aromatic rings. The van der Waals surface area contributed by atoms with E-state index in [2.05, 4.69) is 40.6 Å². The fourth-order valence-corrected chi connectivity index (χ4v) is 2.44. The van der Waals surface area contributed by atoms with Gasteiger partial charge >= 0.3 is 0 Å². The Bertz CT molecular complexity index is 797. The summed E-state index contributed by atoms with van der Waals surface area (Å²) in [5.41, 5.74) is 3.83. The predicted octanol–water partition coefficient (Wildman–Crippen LogP) is 3.76. The molecule has 0 aliphatic rings. The fourth-order valence-electron chi connectivity index (χ4n) is 2.44. The Labute approximate surface area is 123 Å². The molecule has 0 saturated heterocycles. The molecule has 1 N–H and O–H groups in total. The van der Waals surface area contributed by atoms with Gasteiger partial charge in [0.25, 0.3) is 0 Å². The SMILES string of the molecule is N#Cc1ccccc1NCCc1cccc2cccnc12. The van der Waals surface area contributed by atoms with Crippen LogP contribution in [0.3, 0.4) is 0 Å². The summed E-state index contributed by atoms with van der Waals surface area (Å²) in [4.78, 5) is 4.46. The van der Waals surface area contributed by atoms with Crippen LogP contribution in [0, 0.1) is 11.3 Å². The summed E-state index contributed by atoms with van der Waals surface area (Å²) in [7, 11) is 0. The summed E-state index contributed by atoms with van der Waals surface area (Å²) in [6.07, 6.45) is 2.69. The lowest BCUT2D eigenvalue weighted by molar-refractivity contribution is 1.02. The molecule has 2 aromatic carbocycles. The number of nitriles is 1. The number of fused-ring (bicyclic) bond motifs is 1. The maximum absolute atomic E-state index is 9.08. The minimum atomic E-state index is 0.675. The van der Waals surface area contributed by atoms with Crippen molar-refractivity contribution in [1.29, 1.82) is 5.26 Å². The first-order valence-electron chi connectivity index (χ1n) is 6.94. The zero-order valence-electron chi connectivity index (χ0n) is 11.6. The van der Waals surface area contributed by atoms with Crippen molar-refractivity contribution in [2.24, 2.45) is 0 Å². The van der Waals surface area contributed by atoms with E-state index in [0.717, 1.165) is 29.6 Å². The molecule has 3 heteroatoms. The molecule has 3 rings (SSSR count). The average Bonchev–Trinajstić information content (AvgIpc) is 2.55. The maximum atomic E-state index is 9.08. The third kappa shape index (κ3) is 2.85. The Kier molecular flexibility index (Phi) is 3.79. The molecule has 21 heavy (non-hydrogen) atoms. The van der Waals surface area contributed by atoms with E-state index in [0.29, 0.717) is 5.56 Å². The van der Waals surface area contributed by atoms with E-state index < -0.39 is 0 Å². The quantitative estimate of drug-likeness (QED) is 0.787. The molecule has 0 atom stereocenters. The number of rotatable bonds is 4. The molecule has 0 fully saturated rings. The van der Waals surface area contributed by atoms with Crippen molar-refractivity contribution in [3.63, 3.8) is 0 Å². The normalized spacial score (nSPS) is 10.2. The second-order valence-corrected chi connectivity index (χ2v) is 4.83. The topological polar surface area (TPSA) is 48.7 Å². The van der Waals surface area contributed by atoms with Gasteiger partial charge in [-0.3, -0.25) is 4.98 Å². The van der Waals surface area contributed by atoms with E-state index in [1.54, 1.807) is 0 Å². The molecular weight excluding hydrogens is 258 g/mol. The lowest BCUT2D eigenvalue weighted by Gasteiger charge is -2.09. The molecule has 0 aliphatic carbocycles. The van der Waals surface area contributed by atoms with Crippen LogP contribution in [-0.2, 0) is 6.42 Å². The van der Waals surface area contributed by atoms with Crippen LogP contribution in [0.25, 0.3) is 10.9 Å². The number of nitrogens with zero attached hydrogens (tertiary/aromatic N) is 2. The minimum absolute atomic E-state index is 0.675. The van der Waals surface area contributed by atoms with Crippen molar-refractivity contribution in [2.75, 3.05) is 11.9 Å². The lowest BCUT2D eigenvalue weighted by Crippen LogP contribution is -2.06. The Morgan fingerprint density at radius 3 is 2.76 bits per heavy atom. The highest BCUT2D eigenvalue weighted by Crippen LogP contribution is 2.17. The van der Waals surface area contributed by atoms with Gasteiger partial charge in [-0.05, 0) is 30.2 Å². The molecule has 102 valence electrons. The molecule has 0 radical (unpaired) electrons. The first-order chi connectivity index (χ1) is 10.4. The number of aromatic nitrogens is 1. The van der Waals surface area contributed by atoms with Gasteiger partial charge in [-0.1, -0.05) is 36.4 Å². The van der Waals surface area contributed by atoms with Gasteiger partial charge in [0.15, 0.2) is 0 Å². The number of benzene rings is 2. The van der Waals surface area contributed by atoms with Crippen LogP contribution >= 0.6 is 0 Å². The van der Waals surface area contributed by atoms with Crippen LogP contribution < -0.4 is 5.32 Å². The Morgan fingerprint density at radius 1 is 1.00 bits per heavy atom. The third-order valence-electron chi connectivity index (χ3n) is 3.47. The summed E-state index contributed by atoms with van der Waals surface area (Å²) in [5, 5.41) is 13.6. The number of nitrogens with one attached hydrogen (secondary N) is 1. The van der Waals surface area contributed by atoms with Crippen LogP contribution in [0.1, 0.15) is 11.1 Å². The molecule has 0 aliphatic heterocycles. The smallest absolute Gasteiger partial charge is 0.101 e. The molecule has 0 saturated carbocycles. The highest BCUT2D eigenvalue weighted by Gasteiger charge is 2.03. The van der Waals surface area contributed by atoms with Crippen LogP contribution in [0.5, 0.6) is 0 Å². The maximum Gasteiger partial charge on any atom is 0.101 e. The van der Waals surface area contributed by atoms with E-state index in [-0.39, 0.29) is 0 Å². The molecular formula is C18H15N3. The highest BCUT2D eigenvalue weighted by molar-refractivity contribution is 5.81. The largest absolute Gasteiger partial charge is 0.384 e. The average molecular weight is 273 g/mol. The number of para-hydroxylation sites is 2. The van der Waals surface area contributed by atoms with E-state index in [1.807, 2.05) is 36.5 Å².